The third kappa shape index (κ3) is 5.48. The number of anilines is 1. The van der Waals surface area contributed by atoms with Crippen molar-refractivity contribution < 1.29 is 13.9 Å². The topological polar surface area (TPSA) is 64.4 Å². The standard InChI is InChI=1S/C29H32N2O3/c1-6-19(2)21-9-16-26-25(17-21)31-28(34-26)20-7-12-23(13-8-20)30-27(32)18-33-24-14-10-22(11-15-24)29(3,4)5/h7-17,19H,6,18H2,1-5H3,(H,30,32). The molecule has 0 bridgehead atoms. The Kier molecular flexibility index (Phi) is 6.73. The summed E-state index contributed by atoms with van der Waals surface area (Å²) in [5, 5.41) is 2.86. The molecular weight excluding hydrogens is 424 g/mol. The predicted octanol–water partition coefficient (Wildman–Crippen LogP) is 7.32. The highest BCUT2D eigenvalue weighted by atomic mass is 16.5. The quantitative estimate of drug-likeness (QED) is 0.316. The van der Waals surface area contributed by atoms with Crippen molar-refractivity contribution in [2.24, 2.45) is 0 Å². The maximum absolute atomic E-state index is 12.3. The van der Waals surface area contributed by atoms with Crippen molar-refractivity contribution in [3.05, 3.63) is 77.9 Å². The Labute approximate surface area is 201 Å². The van der Waals surface area contributed by atoms with Crippen molar-refractivity contribution in [2.45, 2.75) is 52.4 Å². The van der Waals surface area contributed by atoms with Crippen LogP contribution in [0.1, 0.15) is 58.1 Å². The summed E-state index contributed by atoms with van der Waals surface area (Å²) in [5.74, 6) is 1.51. The van der Waals surface area contributed by atoms with Crippen LogP contribution in [-0.4, -0.2) is 17.5 Å². The van der Waals surface area contributed by atoms with Gasteiger partial charge in [-0.1, -0.05) is 52.8 Å². The third-order valence-electron chi connectivity index (χ3n) is 6.10. The van der Waals surface area contributed by atoms with Crippen LogP contribution in [0, 0.1) is 0 Å². The van der Waals surface area contributed by atoms with Crippen molar-refractivity contribution in [3.63, 3.8) is 0 Å². The number of amides is 1. The summed E-state index contributed by atoms with van der Waals surface area (Å²) in [6.07, 6.45) is 1.08. The van der Waals surface area contributed by atoms with Crippen molar-refractivity contribution in [2.75, 3.05) is 11.9 Å². The number of nitrogens with one attached hydrogen (secondary N) is 1. The molecule has 1 atom stereocenters. The van der Waals surface area contributed by atoms with Crippen LogP contribution in [0.15, 0.2) is 71.1 Å². The fourth-order valence-corrected chi connectivity index (χ4v) is 3.70. The monoisotopic (exact) mass is 456 g/mol. The molecule has 0 spiro atoms. The first-order valence-electron chi connectivity index (χ1n) is 11.8. The highest BCUT2D eigenvalue weighted by Crippen LogP contribution is 2.29. The largest absolute Gasteiger partial charge is 0.484 e. The summed E-state index contributed by atoms with van der Waals surface area (Å²) in [5.41, 5.74) is 5.74. The van der Waals surface area contributed by atoms with Crippen LogP contribution in [0.2, 0.25) is 0 Å². The van der Waals surface area contributed by atoms with E-state index in [0.29, 0.717) is 23.2 Å². The second-order valence-corrected chi connectivity index (χ2v) is 9.74. The lowest BCUT2D eigenvalue weighted by Crippen LogP contribution is -2.20. The highest BCUT2D eigenvalue weighted by molar-refractivity contribution is 5.92. The molecule has 0 aliphatic rings. The Morgan fingerprint density at radius 2 is 1.74 bits per heavy atom. The summed E-state index contributed by atoms with van der Waals surface area (Å²) in [6, 6.07) is 21.5. The van der Waals surface area contributed by atoms with Crippen molar-refractivity contribution in [1.82, 2.24) is 4.98 Å². The Balaban J connectivity index is 1.36. The van der Waals surface area contributed by atoms with Gasteiger partial charge in [-0.05, 0) is 77.4 Å². The van der Waals surface area contributed by atoms with Crippen molar-refractivity contribution >= 4 is 22.7 Å². The number of carbonyl (C=O) groups excluding carboxylic acids is 1. The molecule has 176 valence electrons. The molecule has 1 unspecified atom stereocenters. The number of nitrogens with zero attached hydrogens (tertiary/aromatic N) is 1. The molecule has 34 heavy (non-hydrogen) atoms. The van der Waals surface area contributed by atoms with Gasteiger partial charge in [0.05, 0.1) is 0 Å². The van der Waals surface area contributed by atoms with Gasteiger partial charge in [0.25, 0.3) is 5.91 Å². The van der Waals surface area contributed by atoms with Gasteiger partial charge in [0, 0.05) is 11.3 Å². The molecule has 0 saturated carbocycles. The number of hydrogen-bond acceptors (Lipinski definition) is 4. The summed E-state index contributed by atoms with van der Waals surface area (Å²) < 4.78 is 11.6. The van der Waals surface area contributed by atoms with E-state index in [2.05, 4.69) is 57.1 Å². The van der Waals surface area contributed by atoms with Crippen LogP contribution in [0.3, 0.4) is 0 Å². The minimum Gasteiger partial charge on any atom is -0.484 e. The number of benzene rings is 3. The molecule has 1 aromatic heterocycles. The minimum absolute atomic E-state index is 0.0553. The lowest BCUT2D eigenvalue weighted by Gasteiger charge is -2.19. The van der Waals surface area contributed by atoms with E-state index in [0.717, 1.165) is 23.1 Å². The average molecular weight is 457 g/mol. The molecule has 3 aromatic carbocycles. The number of aromatic nitrogens is 1. The van der Waals surface area contributed by atoms with Gasteiger partial charge in [-0.15, -0.1) is 0 Å². The van der Waals surface area contributed by atoms with Crippen LogP contribution < -0.4 is 10.1 Å². The van der Waals surface area contributed by atoms with E-state index in [1.807, 2.05) is 54.6 Å². The zero-order chi connectivity index (χ0) is 24.3. The van der Waals surface area contributed by atoms with Gasteiger partial charge in [-0.3, -0.25) is 4.79 Å². The van der Waals surface area contributed by atoms with E-state index in [1.165, 1.54) is 11.1 Å². The number of rotatable bonds is 7. The Morgan fingerprint density at radius 3 is 2.38 bits per heavy atom. The molecule has 1 N–H and O–H groups in total. The molecule has 4 rings (SSSR count). The molecule has 0 radical (unpaired) electrons. The number of hydrogen-bond donors (Lipinski definition) is 1. The molecule has 0 aliphatic carbocycles. The van der Waals surface area contributed by atoms with Gasteiger partial charge >= 0.3 is 0 Å². The average Bonchev–Trinajstić information content (AvgIpc) is 3.26. The summed E-state index contributed by atoms with van der Waals surface area (Å²) in [4.78, 5) is 17.0. The Morgan fingerprint density at radius 1 is 1.03 bits per heavy atom. The smallest absolute Gasteiger partial charge is 0.262 e. The zero-order valence-corrected chi connectivity index (χ0v) is 20.5. The van der Waals surface area contributed by atoms with Gasteiger partial charge in [-0.25, -0.2) is 4.98 Å². The maximum atomic E-state index is 12.3. The Bertz CT molecular complexity index is 1270. The van der Waals surface area contributed by atoms with E-state index >= 15 is 0 Å². The second kappa shape index (κ2) is 9.72. The highest BCUT2D eigenvalue weighted by Gasteiger charge is 2.14. The van der Waals surface area contributed by atoms with Crippen molar-refractivity contribution in [1.29, 1.82) is 0 Å². The number of fused-ring (bicyclic) bond motifs is 1. The first-order valence-corrected chi connectivity index (χ1v) is 11.8. The number of carbonyl (C=O) groups is 1. The molecule has 1 amide bonds. The summed E-state index contributed by atoms with van der Waals surface area (Å²) >= 11 is 0. The van der Waals surface area contributed by atoms with E-state index in [-0.39, 0.29) is 17.9 Å². The molecular formula is C29H32N2O3. The van der Waals surface area contributed by atoms with Crippen LogP contribution in [0.5, 0.6) is 5.75 Å². The molecule has 0 aliphatic heterocycles. The zero-order valence-electron chi connectivity index (χ0n) is 20.5. The third-order valence-corrected chi connectivity index (χ3v) is 6.10. The maximum Gasteiger partial charge on any atom is 0.262 e. The first kappa shape index (κ1) is 23.6. The fourth-order valence-electron chi connectivity index (χ4n) is 3.70. The minimum atomic E-state index is -0.216. The summed E-state index contributed by atoms with van der Waals surface area (Å²) in [7, 11) is 0. The molecule has 5 heteroatoms. The van der Waals surface area contributed by atoms with E-state index in [4.69, 9.17) is 9.15 Å². The van der Waals surface area contributed by atoms with E-state index < -0.39 is 0 Å². The first-order chi connectivity index (χ1) is 16.2. The second-order valence-electron chi connectivity index (χ2n) is 9.74. The normalized spacial score (nSPS) is 12.5. The van der Waals surface area contributed by atoms with E-state index in [9.17, 15) is 4.79 Å². The lowest BCUT2D eigenvalue weighted by atomic mass is 9.87. The molecule has 5 nitrogen and oxygen atoms in total. The fraction of sp³-hybridized carbons (Fsp3) is 0.310. The van der Waals surface area contributed by atoms with Crippen molar-refractivity contribution in [3.8, 4) is 17.2 Å². The molecule has 0 fully saturated rings. The van der Waals surface area contributed by atoms with Gasteiger partial charge in [-0.2, -0.15) is 0 Å². The van der Waals surface area contributed by atoms with Crippen LogP contribution in [-0.2, 0) is 10.2 Å². The summed E-state index contributed by atoms with van der Waals surface area (Å²) in [6.45, 7) is 10.8. The SMILES string of the molecule is CCC(C)c1ccc2oc(-c3ccc(NC(=O)COc4ccc(C(C)(C)C)cc4)cc3)nc2c1. The molecule has 0 saturated heterocycles. The van der Waals surface area contributed by atoms with Gasteiger partial charge in [0.15, 0.2) is 12.2 Å². The Hall–Kier alpha value is -3.60. The van der Waals surface area contributed by atoms with Gasteiger partial charge in [0.1, 0.15) is 11.3 Å². The van der Waals surface area contributed by atoms with Crippen LogP contribution in [0.4, 0.5) is 5.69 Å². The van der Waals surface area contributed by atoms with Crippen LogP contribution in [0.25, 0.3) is 22.6 Å². The van der Waals surface area contributed by atoms with E-state index in [1.54, 1.807) is 0 Å². The molecule has 4 aromatic rings. The predicted molar refractivity (Wildman–Crippen MR) is 137 cm³/mol. The lowest BCUT2D eigenvalue weighted by molar-refractivity contribution is -0.118. The number of oxazole rings is 1. The van der Waals surface area contributed by atoms with Crippen LogP contribution >= 0.6 is 0 Å². The number of ether oxygens (including phenoxy) is 1. The van der Waals surface area contributed by atoms with Gasteiger partial charge < -0.3 is 14.5 Å². The van der Waals surface area contributed by atoms with Gasteiger partial charge in [0.2, 0.25) is 5.89 Å². The molecule has 1 heterocycles.